The minimum Gasteiger partial charge on any atom is -0.497 e. The average molecular weight is 391 g/mol. The third kappa shape index (κ3) is 5.37. The van der Waals surface area contributed by atoms with Crippen molar-refractivity contribution in [1.29, 1.82) is 0 Å². The molecule has 2 amide bonds. The highest BCUT2D eigenvalue weighted by Crippen LogP contribution is 2.25. The molecule has 7 heteroatoms. The quantitative estimate of drug-likeness (QED) is 0.723. The van der Waals surface area contributed by atoms with E-state index in [4.69, 9.17) is 16.3 Å². The second-order valence-corrected chi connectivity index (χ2v) is 7.01. The van der Waals surface area contributed by atoms with E-state index in [1.165, 1.54) is 25.3 Å². The smallest absolute Gasteiger partial charge is 0.337 e. The van der Waals surface area contributed by atoms with Crippen LogP contribution in [0.3, 0.4) is 0 Å². The number of benzene rings is 2. The largest absolute Gasteiger partial charge is 0.497 e. The minimum atomic E-state index is -0.504. The van der Waals surface area contributed by atoms with Gasteiger partial charge in [0, 0.05) is 12.0 Å². The molecule has 2 N–H and O–H groups in total. The Kier molecular flexibility index (Phi) is 6.69. The number of methoxy groups -OCH3 is 2. The zero-order valence-corrected chi connectivity index (χ0v) is 16.5. The molecule has 0 saturated carbocycles. The monoisotopic (exact) mass is 390 g/mol. The molecule has 0 unspecified atom stereocenters. The lowest BCUT2D eigenvalue weighted by Gasteiger charge is -2.26. The highest BCUT2D eigenvalue weighted by atomic mass is 35.5. The zero-order valence-electron chi connectivity index (χ0n) is 15.8. The second-order valence-electron chi connectivity index (χ2n) is 6.61. The fraction of sp³-hybridized carbons (Fsp3) is 0.300. The van der Waals surface area contributed by atoms with Gasteiger partial charge in [-0.25, -0.2) is 9.59 Å². The van der Waals surface area contributed by atoms with Gasteiger partial charge in [0.15, 0.2) is 0 Å². The first-order valence-electron chi connectivity index (χ1n) is 8.34. The first-order chi connectivity index (χ1) is 12.8. The second kappa shape index (κ2) is 8.77. The Morgan fingerprint density at radius 3 is 2.33 bits per heavy atom. The van der Waals surface area contributed by atoms with Crippen LogP contribution in [-0.2, 0) is 10.2 Å². The maximum Gasteiger partial charge on any atom is 0.337 e. The summed E-state index contributed by atoms with van der Waals surface area (Å²) in [6.45, 7) is 4.46. The molecule has 0 aromatic heterocycles. The molecule has 144 valence electrons. The third-order valence-corrected chi connectivity index (χ3v) is 4.53. The maximum atomic E-state index is 12.3. The van der Waals surface area contributed by atoms with Crippen molar-refractivity contribution in [2.75, 3.05) is 26.1 Å². The first-order valence-corrected chi connectivity index (χ1v) is 8.72. The lowest BCUT2D eigenvalue weighted by atomic mass is 9.84. The summed E-state index contributed by atoms with van der Waals surface area (Å²) in [5.74, 6) is 0.274. The first kappa shape index (κ1) is 20.6. The van der Waals surface area contributed by atoms with Crippen LogP contribution in [0.1, 0.15) is 29.8 Å². The van der Waals surface area contributed by atoms with Gasteiger partial charge in [-0.1, -0.05) is 37.6 Å². The van der Waals surface area contributed by atoms with Crippen LogP contribution in [-0.4, -0.2) is 32.8 Å². The standard InChI is InChI=1S/C20H23ClN2O4/c1-20(2,14-6-8-15(26-3)9-7-14)12-22-19(25)23-17-11-13(18(24)27-4)5-10-16(17)21/h5-11H,12H2,1-4H3,(H2,22,23,25). The summed E-state index contributed by atoms with van der Waals surface area (Å²) in [7, 11) is 2.91. The van der Waals surface area contributed by atoms with Crippen molar-refractivity contribution >= 4 is 29.3 Å². The number of carbonyl (C=O) groups excluding carboxylic acids is 2. The van der Waals surface area contributed by atoms with Crippen LogP contribution in [0.25, 0.3) is 0 Å². The van der Waals surface area contributed by atoms with Crippen LogP contribution < -0.4 is 15.4 Å². The normalized spacial score (nSPS) is 10.9. The Morgan fingerprint density at radius 1 is 1.07 bits per heavy atom. The van der Waals surface area contributed by atoms with Gasteiger partial charge in [-0.05, 0) is 35.9 Å². The lowest BCUT2D eigenvalue weighted by Crippen LogP contribution is -2.39. The molecule has 2 aromatic rings. The van der Waals surface area contributed by atoms with E-state index >= 15 is 0 Å². The number of carbonyl (C=O) groups is 2. The third-order valence-electron chi connectivity index (χ3n) is 4.20. The van der Waals surface area contributed by atoms with Crippen LogP contribution in [0.2, 0.25) is 5.02 Å². The molecule has 0 fully saturated rings. The summed E-state index contributed by atoms with van der Waals surface area (Å²) in [6.07, 6.45) is 0. The van der Waals surface area contributed by atoms with Gasteiger partial charge >= 0.3 is 12.0 Å². The number of ether oxygens (including phenoxy) is 2. The SMILES string of the molecule is COC(=O)c1ccc(Cl)c(NC(=O)NCC(C)(C)c2ccc(OC)cc2)c1. The predicted molar refractivity (Wildman–Crippen MR) is 106 cm³/mol. The topological polar surface area (TPSA) is 76.7 Å². The lowest BCUT2D eigenvalue weighted by molar-refractivity contribution is 0.0600. The molecule has 0 atom stereocenters. The Balaban J connectivity index is 2.02. The van der Waals surface area contributed by atoms with Gasteiger partial charge < -0.3 is 20.1 Å². The molecule has 27 heavy (non-hydrogen) atoms. The molecule has 0 radical (unpaired) electrons. The van der Waals surface area contributed by atoms with Crippen molar-refractivity contribution in [3.63, 3.8) is 0 Å². The zero-order chi connectivity index (χ0) is 20.0. The highest BCUT2D eigenvalue weighted by Gasteiger charge is 2.22. The van der Waals surface area contributed by atoms with E-state index in [0.29, 0.717) is 22.8 Å². The van der Waals surface area contributed by atoms with Crippen molar-refractivity contribution in [2.45, 2.75) is 19.3 Å². The van der Waals surface area contributed by atoms with Crippen LogP contribution in [0, 0.1) is 0 Å². The average Bonchev–Trinajstić information content (AvgIpc) is 2.67. The van der Waals surface area contributed by atoms with Crippen LogP contribution in [0.15, 0.2) is 42.5 Å². The maximum absolute atomic E-state index is 12.3. The molecule has 2 aromatic carbocycles. The summed E-state index contributed by atoms with van der Waals surface area (Å²) < 4.78 is 9.84. The van der Waals surface area contributed by atoms with Crippen molar-refractivity contribution in [3.8, 4) is 5.75 Å². The van der Waals surface area contributed by atoms with E-state index < -0.39 is 12.0 Å². The van der Waals surface area contributed by atoms with Crippen molar-refractivity contribution in [3.05, 3.63) is 58.6 Å². The summed E-state index contributed by atoms with van der Waals surface area (Å²) in [6, 6.07) is 11.8. The molecule has 6 nitrogen and oxygen atoms in total. The van der Waals surface area contributed by atoms with Crippen molar-refractivity contribution in [1.82, 2.24) is 5.32 Å². The Bertz CT molecular complexity index is 819. The van der Waals surface area contributed by atoms with Gasteiger partial charge in [-0.3, -0.25) is 0 Å². The number of halogens is 1. The summed E-state index contributed by atoms with van der Waals surface area (Å²) in [4.78, 5) is 23.9. The van der Waals surface area contributed by atoms with Crippen LogP contribution >= 0.6 is 11.6 Å². The van der Waals surface area contributed by atoms with E-state index in [2.05, 4.69) is 15.4 Å². The summed E-state index contributed by atoms with van der Waals surface area (Å²) in [5.41, 5.74) is 1.41. The number of nitrogens with one attached hydrogen (secondary N) is 2. The van der Waals surface area contributed by atoms with Crippen LogP contribution in [0.5, 0.6) is 5.75 Å². The molecule has 0 spiro atoms. The Hall–Kier alpha value is -2.73. The molecule has 0 saturated heterocycles. The number of esters is 1. The highest BCUT2D eigenvalue weighted by molar-refractivity contribution is 6.33. The van der Waals surface area contributed by atoms with Crippen molar-refractivity contribution < 1.29 is 19.1 Å². The number of hydrogen-bond donors (Lipinski definition) is 2. The molecule has 0 aliphatic rings. The molecule has 0 aliphatic heterocycles. The van der Waals surface area contributed by atoms with Gasteiger partial charge in [0.1, 0.15) is 5.75 Å². The van der Waals surface area contributed by atoms with E-state index in [1.54, 1.807) is 7.11 Å². The predicted octanol–water partition coefficient (Wildman–Crippen LogP) is 4.23. The fourth-order valence-corrected chi connectivity index (χ4v) is 2.64. The number of urea groups is 1. The van der Waals surface area contributed by atoms with Gasteiger partial charge in [0.05, 0.1) is 30.5 Å². The van der Waals surface area contributed by atoms with Gasteiger partial charge in [0.25, 0.3) is 0 Å². The Morgan fingerprint density at radius 2 is 1.74 bits per heavy atom. The number of hydrogen-bond acceptors (Lipinski definition) is 4. The van der Waals surface area contributed by atoms with E-state index in [9.17, 15) is 9.59 Å². The van der Waals surface area contributed by atoms with Crippen molar-refractivity contribution in [2.24, 2.45) is 0 Å². The Labute approximate surface area is 163 Å². The van der Waals surface area contributed by atoms with Crippen LogP contribution in [0.4, 0.5) is 10.5 Å². The molecule has 0 bridgehead atoms. The number of amides is 2. The van der Waals surface area contributed by atoms with Gasteiger partial charge in [-0.2, -0.15) is 0 Å². The molecular formula is C20H23ClN2O4. The fourth-order valence-electron chi connectivity index (χ4n) is 2.48. The molecule has 0 heterocycles. The number of rotatable bonds is 6. The van der Waals surface area contributed by atoms with Gasteiger partial charge in [-0.15, -0.1) is 0 Å². The number of anilines is 1. The minimum absolute atomic E-state index is 0.290. The molecule has 2 rings (SSSR count). The molecule has 0 aliphatic carbocycles. The summed E-state index contributed by atoms with van der Waals surface area (Å²) in [5, 5.41) is 5.82. The van der Waals surface area contributed by atoms with Gasteiger partial charge in [0.2, 0.25) is 0 Å². The van der Waals surface area contributed by atoms with E-state index in [-0.39, 0.29) is 5.41 Å². The van der Waals surface area contributed by atoms with E-state index in [0.717, 1.165) is 11.3 Å². The van der Waals surface area contributed by atoms with E-state index in [1.807, 2.05) is 38.1 Å². The molecular weight excluding hydrogens is 368 g/mol. The summed E-state index contributed by atoms with van der Waals surface area (Å²) >= 11 is 6.10.